The number of nitrogens with one attached hydrogen (secondary N) is 1. The Morgan fingerprint density at radius 1 is 1.03 bits per heavy atom. The summed E-state index contributed by atoms with van der Waals surface area (Å²) in [6.07, 6.45) is 4.99. The molecule has 2 aromatic carbocycles. The molecule has 3 aromatic rings. The van der Waals surface area contributed by atoms with E-state index in [4.69, 9.17) is 4.74 Å². The Bertz CT molecular complexity index is 1060. The van der Waals surface area contributed by atoms with Gasteiger partial charge in [-0.3, -0.25) is 4.79 Å². The Labute approximate surface area is 181 Å². The summed E-state index contributed by atoms with van der Waals surface area (Å²) < 4.78 is 5.77. The predicted octanol–water partition coefficient (Wildman–Crippen LogP) is 3.79. The third-order valence-corrected chi connectivity index (χ3v) is 5.35. The third kappa shape index (κ3) is 5.17. The Morgan fingerprint density at radius 2 is 1.71 bits per heavy atom. The summed E-state index contributed by atoms with van der Waals surface area (Å²) in [6.45, 7) is 2.21. The molecule has 7 nitrogen and oxygen atoms in total. The first-order valence-corrected chi connectivity index (χ1v) is 10.3. The second kappa shape index (κ2) is 9.72. The average molecular weight is 413 g/mol. The number of carbonyl (C=O) groups is 1. The van der Waals surface area contributed by atoms with E-state index in [-0.39, 0.29) is 5.91 Å². The van der Waals surface area contributed by atoms with Crippen LogP contribution in [0.1, 0.15) is 28.9 Å². The Morgan fingerprint density at radius 3 is 2.42 bits per heavy atom. The summed E-state index contributed by atoms with van der Waals surface area (Å²) in [5.41, 5.74) is 0.963. The van der Waals surface area contributed by atoms with Crippen molar-refractivity contribution in [3.8, 4) is 17.6 Å². The van der Waals surface area contributed by atoms with E-state index in [0.29, 0.717) is 35.3 Å². The maximum atomic E-state index is 12.5. The largest absolute Gasteiger partial charge is 0.457 e. The van der Waals surface area contributed by atoms with Crippen LogP contribution in [-0.2, 0) is 0 Å². The van der Waals surface area contributed by atoms with Crippen molar-refractivity contribution in [3.05, 3.63) is 78.2 Å². The molecule has 0 radical (unpaired) electrons. The van der Waals surface area contributed by atoms with Gasteiger partial charge in [0.2, 0.25) is 0 Å². The monoisotopic (exact) mass is 413 g/mol. The van der Waals surface area contributed by atoms with Gasteiger partial charge in [0.25, 0.3) is 5.91 Å². The number of nitrogens with zero attached hydrogens (tertiary/aromatic N) is 4. The van der Waals surface area contributed by atoms with Crippen LogP contribution in [0.15, 0.2) is 67.0 Å². The van der Waals surface area contributed by atoms with Crippen LogP contribution in [0.3, 0.4) is 0 Å². The lowest BCUT2D eigenvalue weighted by molar-refractivity contribution is 0.0945. The smallest absolute Gasteiger partial charge is 0.251 e. The zero-order chi connectivity index (χ0) is 21.5. The van der Waals surface area contributed by atoms with Gasteiger partial charge in [0.1, 0.15) is 17.6 Å². The summed E-state index contributed by atoms with van der Waals surface area (Å²) in [7, 11) is 0. The number of amides is 1. The number of benzene rings is 2. The molecule has 7 heteroatoms. The first kappa shape index (κ1) is 20.4. The molecule has 156 valence electrons. The second-order valence-electron chi connectivity index (χ2n) is 7.42. The van der Waals surface area contributed by atoms with Gasteiger partial charge in [-0.05, 0) is 55.2 Å². The molecule has 1 aliphatic heterocycles. The molecule has 1 fully saturated rings. The highest BCUT2D eigenvalue weighted by atomic mass is 16.5. The van der Waals surface area contributed by atoms with Crippen LogP contribution in [0.2, 0.25) is 0 Å². The van der Waals surface area contributed by atoms with Crippen molar-refractivity contribution < 1.29 is 9.53 Å². The molecule has 1 aromatic heterocycles. The van der Waals surface area contributed by atoms with Gasteiger partial charge in [-0.25, -0.2) is 9.97 Å². The standard InChI is InChI=1S/C24H23N5O2/c25-16-22-23(27-13-12-26-22)29-14-10-18(11-15-29)17-28-24(30)19-6-8-21(9-7-19)31-20-4-2-1-3-5-20/h1-9,12-13,18H,10-11,14-15,17H2,(H,28,30). The Balaban J connectivity index is 1.25. The molecule has 1 N–H and O–H groups in total. The van der Waals surface area contributed by atoms with Crippen LogP contribution in [0.5, 0.6) is 11.5 Å². The molecular weight excluding hydrogens is 390 g/mol. The normalized spacial score (nSPS) is 14.0. The molecule has 4 rings (SSSR count). The minimum Gasteiger partial charge on any atom is -0.457 e. The third-order valence-electron chi connectivity index (χ3n) is 5.35. The van der Waals surface area contributed by atoms with E-state index >= 15 is 0 Å². The van der Waals surface area contributed by atoms with Gasteiger partial charge in [-0.15, -0.1) is 0 Å². The maximum absolute atomic E-state index is 12.5. The zero-order valence-electron chi connectivity index (χ0n) is 17.1. The van der Waals surface area contributed by atoms with E-state index < -0.39 is 0 Å². The molecule has 2 heterocycles. The highest BCUT2D eigenvalue weighted by molar-refractivity contribution is 5.94. The summed E-state index contributed by atoms with van der Waals surface area (Å²) >= 11 is 0. The topological polar surface area (TPSA) is 91.1 Å². The molecular formula is C24H23N5O2. The van der Waals surface area contributed by atoms with Gasteiger partial charge in [0.15, 0.2) is 11.5 Å². The van der Waals surface area contributed by atoms with Crippen LogP contribution < -0.4 is 15.0 Å². The minimum absolute atomic E-state index is 0.0885. The van der Waals surface area contributed by atoms with Crippen molar-refractivity contribution in [2.75, 3.05) is 24.5 Å². The number of rotatable bonds is 6. The fourth-order valence-electron chi connectivity index (χ4n) is 3.63. The van der Waals surface area contributed by atoms with E-state index in [9.17, 15) is 10.1 Å². The Hall–Kier alpha value is -3.92. The maximum Gasteiger partial charge on any atom is 0.251 e. The van der Waals surface area contributed by atoms with Crippen molar-refractivity contribution >= 4 is 11.7 Å². The van der Waals surface area contributed by atoms with Gasteiger partial charge in [-0.2, -0.15) is 5.26 Å². The summed E-state index contributed by atoms with van der Waals surface area (Å²) in [5, 5.41) is 12.2. The summed E-state index contributed by atoms with van der Waals surface area (Å²) in [6, 6.07) is 18.8. The van der Waals surface area contributed by atoms with E-state index in [1.165, 1.54) is 6.20 Å². The summed E-state index contributed by atoms with van der Waals surface area (Å²) in [5.74, 6) is 2.40. The van der Waals surface area contributed by atoms with Crippen LogP contribution >= 0.6 is 0 Å². The van der Waals surface area contributed by atoms with E-state index in [2.05, 4.69) is 26.3 Å². The first-order chi connectivity index (χ1) is 15.2. The number of hydrogen-bond donors (Lipinski definition) is 1. The first-order valence-electron chi connectivity index (χ1n) is 10.3. The number of aromatic nitrogens is 2. The lowest BCUT2D eigenvalue weighted by Gasteiger charge is -2.32. The molecule has 0 saturated carbocycles. The number of ether oxygens (including phenoxy) is 1. The van der Waals surface area contributed by atoms with Gasteiger partial charge in [-0.1, -0.05) is 18.2 Å². The lowest BCUT2D eigenvalue weighted by Crippen LogP contribution is -2.39. The average Bonchev–Trinajstić information content (AvgIpc) is 2.84. The lowest BCUT2D eigenvalue weighted by atomic mass is 9.96. The van der Waals surface area contributed by atoms with Crippen molar-refractivity contribution in [1.82, 2.24) is 15.3 Å². The minimum atomic E-state index is -0.0885. The molecule has 0 bridgehead atoms. The van der Waals surface area contributed by atoms with E-state index in [1.54, 1.807) is 30.5 Å². The number of nitriles is 1. The van der Waals surface area contributed by atoms with Gasteiger partial charge in [0.05, 0.1) is 0 Å². The molecule has 0 aliphatic carbocycles. The predicted molar refractivity (Wildman–Crippen MR) is 117 cm³/mol. The van der Waals surface area contributed by atoms with Crippen LogP contribution in [0.25, 0.3) is 0 Å². The van der Waals surface area contributed by atoms with Crippen LogP contribution in [0, 0.1) is 17.2 Å². The van der Waals surface area contributed by atoms with Crippen molar-refractivity contribution in [2.24, 2.45) is 5.92 Å². The SMILES string of the molecule is N#Cc1nccnc1N1CCC(CNC(=O)c2ccc(Oc3ccccc3)cc2)CC1. The number of carbonyl (C=O) groups excluding carboxylic acids is 1. The quantitative estimate of drug-likeness (QED) is 0.661. The number of anilines is 1. The van der Waals surface area contributed by atoms with Crippen molar-refractivity contribution in [1.29, 1.82) is 5.26 Å². The van der Waals surface area contributed by atoms with Gasteiger partial charge < -0.3 is 15.0 Å². The molecule has 31 heavy (non-hydrogen) atoms. The van der Waals surface area contributed by atoms with Crippen LogP contribution in [-0.4, -0.2) is 35.5 Å². The molecule has 1 aliphatic rings. The van der Waals surface area contributed by atoms with E-state index in [0.717, 1.165) is 31.7 Å². The molecule has 0 spiro atoms. The van der Waals surface area contributed by atoms with Crippen molar-refractivity contribution in [3.63, 3.8) is 0 Å². The highest BCUT2D eigenvalue weighted by Gasteiger charge is 2.23. The van der Waals surface area contributed by atoms with Crippen molar-refractivity contribution in [2.45, 2.75) is 12.8 Å². The van der Waals surface area contributed by atoms with Gasteiger partial charge >= 0.3 is 0 Å². The highest BCUT2D eigenvalue weighted by Crippen LogP contribution is 2.23. The summed E-state index contributed by atoms with van der Waals surface area (Å²) in [4.78, 5) is 23.0. The van der Waals surface area contributed by atoms with Crippen LogP contribution in [0.4, 0.5) is 5.82 Å². The number of para-hydroxylation sites is 1. The Kier molecular flexibility index (Phi) is 6.38. The molecule has 0 unspecified atom stereocenters. The molecule has 1 saturated heterocycles. The number of piperidine rings is 1. The fourth-order valence-corrected chi connectivity index (χ4v) is 3.63. The van der Waals surface area contributed by atoms with E-state index in [1.807, 2.05) is 30.3 Å². The number of hydrogen-bond acceptors (Lipinski definition) is 6. The zero-order valence-corrected chi connectivity index (χ0v) is 17.1. The second-order valence-corrected chi connectivity index (χ2v) is 7.42. The van der Waals surface area contributed by atoms with Gasteiger partial charge in [0, 0.05) is 37.6 Å². The molecule has 0 atom stereocenters. The molecule has 1 amide bonds. The fraction of sp³-hybridized carbons (Fsp3) is 0.250.